The van der Waals surface area contributed by atoms with Gasteiger partial charge in [0.25, 0.3) is 5.91 Å². The van der Waals surface area contributed by atoms with Gasteiger partial charge in [0, 0.05) is 37.5 Å². The summed E-state index contributed by atoms with van der Waals surface area (Å²) in [4.78, 5) is 19.0. The molecule has 3 heterocycles. The van der Waals surface area contributed by atoms with E-state index in [0.29, 0.717) is 42.8 Å². The SMILES string of the molecule is CCc1nc(C)c(C(=O)N2CCC(c3cc(Cc4ccccc4)[nH]n3)CC2)o1. The lowest BCUT2D eigenvalue weighted by atomic mass is 9.93. The molecular weight excluding hydrogens is 352 g/mol. The average Bonchev–Trinajstić information content (AvgIpc) is 3.35. The Kier molecular flexibility index (Phi) is 5.28. The molecule has 1 aromatic carbocycles. The van der Waals surface area contributed by atoms with E-state index >= 15 is 0 Å². The van der Waals surface area contributed by atoms with Crippen molar-refractivity contribution in [3.8, 4) is 0 Å². The first-order valence-electron chi connectivity index (χ1n) is 9.97. The first kappa shape index (κ1) is 18.5. The zero-order valence-corrected chi connectivity index (χ0v) is 16.4. The number of hydrogen-bond donors (Lipinski definition) is 1. The largest absolute Gasteiger partial charge is 0.435 e. The summed E-state index contributed by atoms with van der Waals surface area (Å²) in [7, 11) is 0. The second-order valence-corrected chi connectivity index (χ2v) is 7.42. The Morgan fingerprint density at radius 3 is 2.68 bits per heavy atom. The van der Waals surface area contributed by atoms with Crippen LogP contribution in [0.2, 0.25) is 0 Å². The number of piperidine rings is 1. The van der Waals surface area contributed by atoms with Gasteiger partial charge in [-0.1, -0.05) is 37.3 Å². The maximum atomic E-state index is 12.8. The van der Waals surface area contributed by atoms with Gasteiger partial charge in [-0.2, -0.15) is 5.10 Å². The van der Waals surface area contributed by atoms with Gasteiger partial charge in [-0.15, -0.1) is 0 Å². The van der Waals surface area contributed by atoms with Crippen molar-refractivity contribution in [1.29, 1.82) is 0 Å². The van der Waals surface area contributed by atoms with Crippen LogP contribution in [0.3, 0.4) is 0 Å². The smallest absolute Gasteiger partial charge is 0.291 e. The van der Waals surface area contributed by atoms with Crippen LogP contribution in [-0.4, -0.2) is 39.1 Å². The van der Waals surface area contributed by atoms with Crippen LogP contribution in [-0.2, 0) is 12.8 Å². The summed E-state index contributed by atoms with van der Waals surface area (Å²) in [6.07, 6.45) is 3.38. The number of oxazole rings is 1. The fourth-order valence-corrected chi connectivity index (χ4v) is 3.82. The number of aromatic amines is 1. The van der Waals surface area contributed by atoms with E-state index in [9.17, 15) is 4.79 Å². The molecule has 3 aromatic rings. The zero-order chi connectivity index (χ0) is 19.5. The molecule has 1 fully saturated rings. The molecule has 4 rings (SSSR count). The van der Waals surface area contributed by atoms with E-state index in [0.717, 1.165) is 30.7 Å². The fraction of sp³-hybridized carbons (Fsp3) is 0.409. The summed E-state index contributed by atoms with van der Waals surface area (Å²) in [5, 5.41) is 7.71. The van der Waals surface area contributed by atoms with Crippen LogP contribution in [0.5, 0.6) is 0 Å². The van der Waals surface area contributed by atoms with Crippen LogP contribution in [0, 0.1) is 6.92 Å². The lowest BCUT2D eigenvalue weighted by Crippen LogP contribution is -2.38. The van der Waals surface area contributed by atoms with E-state index in [-0.39, 0.29) is 5.91 Å². The molecule has 1 aliphatic heterocycles. The lowest BCUT2D eigenvalue weighted by molar-refractivity contribution is 0.0677. The number of H-pyrrole nitrogens is 1. The van der Waals surface area contributed by atoms with E-state index in [1.165, 1.54) is 5.56 Å². The minimum absolute atomic E-state index is 0.0463. The van der Waals surface area contributed by atoms with E-state index in [1.54, 1.807) is 0 Å². The maximum Gasteiger partial charge on any atom is 0.291 e. The molecule has 0 aliphatic carbocycles. The van der Waals surface area contributed by atoms with Gasteiger partial charge in [0.15, 0.2) is 5.89 Å². The first-order valence-corrected chi connectivity index (χ1v) is 9.97. The highest BCUT2D eigenvalue weighted by atomic mass is 16.4. The number of aryl methyl sites for hydroxylation is 2. The van der Waals surface area contributed by atoms with E-state index in [1.807, 2.05) is 24.8 Å². The van der Waals surface area contributed by atoms with Crippen molar-refractivity contribution in [1.82, 2.24) is 20.1 Å². The van der Waals surface area contributed by atoms with Gasteiger partial charge in [-0.3, -0.25) is 9.89 Å². The van der Waals surface area contributed by atoms with Gasteiger partial charge in [0.2, 0.25) is 5.76 Å². The Labute approximate surface area is 165 Å². The third-order valence-electron chi connectivity index (χ3n) is 5.43. The van der Waals surface area contributed by atoms with Crippen LogP contribution < -0.4 is 0 Å². The highest BCUT2D eigenvalue weighted by molar-refractivity contribution is 5.92. The molecule has 1 N–H and O–H groups in total. The Morgan fingerprint density at radius 2 is 2.00 bits per heavy atom. The predicted octanol–water partition coefficient (Wildman–Crippen LogP) is 3.88. The summed E-state index contributed by atoms with van der Waals surface area (Å²) in [6, 6.07) is 12.6. The average molecular weight is 378 g/mol. The van der Waals surface area contributed by atoms with Crippen LogP contribution in [0.25, 0.3) is 0 Å². The predicted molar refractivity (Wildman–Crippen MR) is 106 cm³/mol. The molecule has 0 saturated carbocycles. The number of benzene rings is 1. The van der Waals surface area contributed by atoms with Gasteiger partial charge in [0.05, 0.1) is 11.4 Å². The molecule has 6 nitrogen and oxygen atoms in total. The maximum absolute atomic E-state index is 12.8. The van der Waals surface area contributed by atoms with Crippen LogP contribution in [0.15, 0.2) is 40.8 Å². The highest BCUT2D eigenvalue weighted by Crippen LogP contribution is 2.28. The molecule has 146 valence electrons. The van der Waals surface area contributed by atoms with E-state index in [2.05, 4.69) is 45.5 Å². The summed E-state index contributed by atoms with van der Waals surface area (Å²) in [5.41, 5.74) is 4.18. The number of amides is 1. The quantitative estimate of drug-likeness (QED) is 0.731. The van der Waals surface area contributed by atoms with Crippen LogP contribution in [0.4, 0.5) is 0 Å². The summed E-state index contributed by atoms with van der Waals surface area (Å²) < 4.78 is 5.63. The molecular formula is C22H26N4O2. The molecule has 0 atom stereocenters. The molecule has 0 bridgehead atoms. The molecule has 0 unspecified atom stereocenters. The second kappa shape index (κ2) is 8.00. The van der Waals surface area contributed by atoms with Gasteiger partial charge < -0.3 is 9.32 Å². The minimum atomic E-state index is -0.0463. The molecule has 2 aromatic heterocycles. The third kappa shape index (κ3) is 3.86. The Hall–Kier alpha value is -2.89. The number of rotatable bonds is 5. The van der Waals surface area contributed by atoms with Gasteiger partial charge in [-0.05, 0) is 31.4 Å². The standard InChI is InChI=1S/C22H26N4O2/c1-3-20-23-15(2)21(28-20)22(27)26-11-9-17(10-12-26)19-14-18(24-25-19)13-16-7-5-4-6-8-16/h4-8,14,17H,3,9-13H2,1-2H3,(H,24,25). The minimum Gasteiger partial charge on any atom is -0.435 e. The molecule has 1 aliphatic rings. The van der Waals surface area contributed by atoms with Crippen molar-refractivity contribution in [2.24, 2.45) is 0 Å². The lowest BCUT2D eigenvalue weighted by Gasteiger charge is -2.30. The molecule has 28 heavy (non-hydrogen) atoms. The number of nitrogens with one attached hydrogen (secondary N) is 1. The Morgan fingerprint density at radius 1 is 1.25 bits per heavy atom. The van der Waals surface area contributed by atoms with Crippen molar-refractivity contribution in [3.63, 3.8) is 0 Å². The van der Waals surface area contributed by atoms with Gasteiger partial charge >= 0.3 is 0 Å². The Bertz CT molecular complexity index is 937. The monoisotopic (exact) mass is 378 g/mol. The van der Waals surface area contributed by atoms with Gasteiger partial charge in [-0.25, -0.2) is 4.98 Å². The number of hydrogen-bond acceptors (Lipinski definition) is 4. The molecule has 1 saturated heterocycles. The number of nitrogens with zero attached hydrogens (tertiary/aromatic N) is 3. The van der Waals surface area contributed by atoms with Crippen molar-refractivity contribution in [2.45, 2.75) is 45.4 Å². The Balaban J connectivity index is 1.36. The highest BCUT2D eigenvalue weighted by Gasteiger charge is 2.29. The second-order valence-electron chi connectivity index (χ2n) is 7.42. The van der Waals surface area contributed by atoms with Crippen molar-refractivity contribution >= 4 is 5.91 Å². The van der Waals surface area contributed by atoms with Gasteiger partial charge in [0.1, 0.15) is 0 Å². The molecule has 1 amide bonds. The molecule has 0 radical (unpaired) electrons. The van der Waals surface area contributed by atoms with E-state index < -0.39 is 0 Å². The number of carbonyl (C=O) groups excluding carboxylic acids is 1. The number of carbonyl (C=O) groups is 1. The number of likely N-dealkylation sites (tertiary alicyclic amines) is 1. The third-order valence-corrected chi connectivity index (χ3v) is 5.43. The van der Waals surface area contributed by atoms with Crippen LogP contribution in [0.1, 0.15) is 64.8 Å². The molecule has 0 spiro atoms. The van der Waals surface area contributed by atoms with E-state index in [4.69, 9.17) is 4.42 Å². The van der Waals surface area contributed by atoms with Crippen molar-refractivity contribution < 1.29 is 9.21 Å². The summed E-state index contributed by atoms with van der Waals surface area (Å²) in [5.74, 6) is 1.35. The zero-order valence-electron chi connectivity index (χ0n) is 16.4. The first-order chi connectivity index (χ1) is 13.6. The summed E-state index contributed by atoms with van der Waals surface area (Å²) >= 11 is 0. The van der Waals surface area contributed by atoms with Crippen LogP contribution >= 0.6 is 0 Å². The fourth-order valence-electron chi connectivity index (χ4n) is 3.82. The molecule has 6 heteroatoms. The topological polar surface area (TPSA) is 75.0 Å². The number of aromatic nitrogens is 3. The normalized spacial score (nSPS) is 15.1. The van der Waals surface area contributed by atoms with Crippen molar-refractivity contribution in [2.75, 3.05) is 13.1 Å². The summed E-state index contributed by atoms with van der Waals surface area (Å²) in [6.45, 7) is 5.24. The van der Waals surface area contributed by atoms with Crippen molar-refractivity contribution in [3.05, 3.63) is 70.7 Å².